The Morgan fingerprint density at radius 1 is 1.00 bits per heavy atom. The van der Waals surface area contributed by atoms with Crippen molar-refractivity contribution in [2.24, 2.45) is 0 Å². The molecule has 1 aliphatic rings. The summed E-state index contributed by atoms with van der Waals surface area (Å²) < 4.78 is 0. The van der Waals surface area contributed by atoms with E-state index < -0.39 is 11.1 Å². The third kappa shape index (κ3) is 2.99. The number of carbonyl (C=O) groups excluding carboxylic acids is 2. The minimum Gasteiger partial charge on any atom is -0.340 e. The molecular formula is C16H30N2O2. The van der Waals surface area contributed by atoms with Crippen molar-refractivity contribution < 1.29 is 9.59 Å². The fraction of sp³-hybridized carbons (Fsp3) is 0.875. The number of hydrogen-bond donors (Lipinski definition) is 1. The highest BCUT2D eigenvalue weighted by Gasteiger charge is 2.52. The average molecular weight is 282 g/mol. The van der Waals surface area contributed by atoms with Gasteiger partial charge in [0.15, 0.2) is 0 Å². The van der Waals surface area contributed by atoms with Crippen LogP contribution in [0.4, 0.5) is 0 Å². The second kappa shape index (κ2) is 6.59. The van der Waals surface area contributed by atoms with Gasteiger partial charge in [-0.3, -0.25) is 9.59 Å². The molecule has 1 heterocycles. The van der Waals surface area contributed by atoms with Gasteiger partial charge in [0.25, 0.3) is 0 Å². The van der Waals surface area contributed by atoms with Gasteiger partial charge in [-0.15, -0.1) is 0 Å². The maximum absolute atomic E-state index is 12.8. The first-order valence-corrected chi connectivity index (χ1v) is 8.00. The molecule has 1 N–H and O–H groups in total. The van der Waals surface area contributed by atoms with Gasteiger partial charge in [-0.25, -0.2) is 0 Å². The smallest absolute Gasteiger partial charge is 0.248 e. The molecule has 4 heteroatoms. The first-order chi connectivity index (χ1) is 9.35. The van der Waals surface area contributed by atoms with Crippen molar-refractivity contribution in [3.05, 3.63) is 0 Å². The Hall–Kier alpha value is -1.06. The number of unbranched alkanes of at least 4 members (excludes halogenated alkanes) is 3. The summed E-state index contributed by atoms with van der Waals surface area (Å²) in [7, 11) is 0. The van der Waals surface area contributed by atoms with E-state index in [1.165, 1.54) is 12.8 Å². The zero-order valence-electron chi connectivity index (χ0n) is 13.7. The van der Waals surface area contributed by atoms with Crippen LogP contribution in [-0.4, -0.2) is 34.3 Å². The first kappa shape index (κ1) is 17.0. The van der Waals surface area contributed by atoms with E-state index in [-0.39, 0.29) is 11.8 Å². The number of hydrogen-bond acceptors (Lipinski definition) is 2. The zero-order valence-corrected chi connectivity index (χ0v) is 13.7. The molecule has 0 bridgehead atoms. The van der Waals surface area contributed by atoms with E-state index in [0.717, 1.165) is 12.8 Å². The standard InChI is InChI=1S/C16H30N2O2/c1-6-9-10-11-12-18-14(20)15(4,7-2)17-13(19)16(18,5)8-3/h6-12H2,1-5H3,(H,17,19). The molecule has 0 radical (unpaired) electrons. The van der Waals surface area contributed by atoms with Crippen LogP contribution in [0.3, 0.4) is 0 Å². The van der Waals surface area contributed by atoms with Crippen molar-refractivity contribution in [1.82, 2.24) is 10.2 Å². The molecule has 2 atom stereocenters. The predicted octanol–water partition coefficient (Wildman–Crippen LogP) is 2.86. The van der Waals surface area contributed by atoms with Gasteiger partial charge in [0, 0.05) is 6.54 Å². The lowest BCUT2D eigenvalue weighted by Gasteiger charge is -2.50. The number of nitrogens with zero attached hydrogens (tertiary/aromatic N) is 1. The number of amides is 2. The summed E-state index contributed by atoms with van der Waals surface area (Å²) in [4.78, 5) is 27.1. The molecule has 1 saturated heterocycles. The fourth-order valence-corrected chi connectivity index (χ4v) is 2.72. The van der Waals surface area contributed by atoms with Crippen LogP contribution in [0.15, 0.2) is 0 Å². The lowest BCUT2D eigenvalue weighted by atomic mass is 9.84. The van der Waals surface area contributed by atoms with Gasteiger partial charge < -0.3 is 10.2 Å². The molecule has 2 amide bonds. The van der Waals surface area contributed by atoms with E-state index in [0.29, 0.717) is 19.4 Å². The quantitative estimate of drug-likeness (QED) is 0.730. The van der Waals surface area contributed by atoms with Crippen molar-refractivity contribution in [3.63, 3.8) is 0 Å². The Morgan fingerprint density at radius 3 is 2.15 bits per heavy atom. The van der Waals surface area contributed by atoms with Crippen molar-refractivity contribution in [1.29, 1.82) is 0 Å². The summed E-state index contributed by atoms with van der Waals surface area (Å²) in [6.45, 7) is 10.5. The van der Waals surface area contributed by atoms with Gasteiger partial charge in [-0.05, 0) is 33.1 Å². The van der Waals surface area contributed by atoms with Crippen molar-refractivity contribution in [2.45, 2.75) is 84.2 Å². The maximum atomic E-state index is 12.8. The Morgan fingerprint density at radius 2 is 1.65 bits per heavy atom. The highest BCUT2D eigenvalue weighted by Crippen LogP contribution is 2.30. The van der Waals surface area contributed by atoms with E-state index in [2.05, 4.69) is 12.2 Å². The van der Waals surface area contributed by atoms with Crippen LogP contribution in [0.2, 0.25) is 0 Å². The molecule has 0 aromatic carbocycles. The van der Waals surface area contributed by atoms with E-state index in [1.54, 1.807) is 0 Å². The SMILES string of the molecule is CCCCCCN1C(=O)C(C)(CC)NC(=O)C1(C)CC. The third-order valence-electron chi connectivity index (χ3n) is 4.82. The van der Waals surface area contributed by atoms with Gasteiger partial charge in [0.05, 0.1) is 0 Å². The monoisotopic (exact) mass is 282 g/mol. The normalized spacial score (nSPS) is 30.6. The zero-order chi connectivity index (χ0) is 15.4. The summed E-state index contributed by atoms with van der Waals surface area (Å²) in [5.41, 5.74) is -1.44. The van der Waals surface area contributed by atoms with Crippen molar-refractivity contribution >= 4 is 11.8 Å². The van der Waals surface area contributed by atoms with E-state index in [1.807, 2.05) is 32.6 Å². The first-order valence-electron chi connectivity index (χ1n) is 8.00. The minimum atomic E-state index is -0.740. The molecule has 1 rings (SSSR count). The van der Waals surface area contributed by atoms with Crippen LogP contribution in [0.25, 0.3) is 0 Å². The molecule has 0 aliphatic carbocycles. The molecule has 1 aliphatic heterocycles. The number of carbonyl (C=O) groups is 2. The molecule has 116 valence electrons. The Labute approximate surface area is 123 Å². The van der Waals surface area contributed by atoms with Crippen LogP contribution in [-0.2, 0) is 9.59 Å². The molecule has 0 aromatic heterocycles. The lowest BCUT2D eigenvalue weighted by molar-refractivity contribution is -0.162. The summed E-state index contributed by atoms with van der Waals surface area (Å²) in [6, 6.07) is 0. The molecule has 2 unspecified atom stereocenters. The molecule has 0 saturated carbocycles. The van der Waals surface area contributed by atoms with E-state index in [9.17, 15) is 9.59 Å². The molecule has 1 fully saturated rings. The predicted molar refractivity (Wildman–Crippen MR) is 81.4 cm³/mol. The van der Waals surface area contributed by atoms with Crippen LogP contribution in [0.1, 0.15) is 73.1 Å². The molecule has 0 spiro atoms. The summed E-state index contributed by atoms with van der Waals surface area (Å²) in [5, 5.41) is 2.94. The Balaban J connectivity index is 2.91. The number of nitrogens with one attached hydrogen (secondary N) is 1. The van der Waals surface area contributed by atoms with Crippen LogP contribution in [0.5, 0.6) is 0 Å². The Kier molecular flexibility index (Phi) is 5.60. The van der Waals surface area contributed by atoms with Crippen LogP contribution in [0, 0.1) is 0 Å². The van der Waals surface area contributed by atoms with Gasteiger partial charge in [-0.1, -0.05) is 40.0 Å². The second-order valence-electron chi connectivity index (χ2n) is 6.28. The van der Waals surface area contributed by atoms with E-state index >= 15 is 0 Å². The molecule has 20 heavy (non-hydrogen) atoms. The summed E-state index contributed by atoms with van der Waals surface area (Å²) >= 11 is 0. The average Bonchev–Trinajstić information content (AvgIpc) is 2.44. The largest absolute Gasteiger partial charge is 0.340 e. The van der Waals surface area contributed by atoms with Crippen molar-refractivity contribution in [3.8, 4) is 0 Å². The minimum absolute atomic E-state index is 0.0144. The maximum Gasteiger partial charge on any atom is 0.248 e. The third-order valence-corrected chi connectivity index (χ3v) is 4.82. The highest BCUT2D eigenvalue weighted by atomic mass is 16.2. The number of rotatable bonds is 7. The summed E-state index contributed by atoms with van der Waals surface area (Å²) in [6.07, 6.45) is 5.72. The summed E-state index contributed by atoms with van der Waals surface area (Å²) in [5.74, 6) is 0.0555. The van der Waals surface area contributed by atoms with Crippen LogP contribution < -0.4 is 5.32 Å². The lowest BCUT2D eigenvalue weighted by Crippen LogP contribution is -2.73. The Bertz CT molecular complexity index is 369. The fourth-order valence-electron chi connectivity index (χ4n) is 2.72. The van der Waals surface area contributed by atoms with Gasteiger partial charge in [0.2, 0.25) is 11.8 Å². The highest BCUT2D eigenvalue weighted by molar-refractivity contribution is 6.01. The van der Waals surface area contributed by atoms with E-state index in [4.69, 9.17) is 0 Å². The topological polar surface area (TPSA) is 49.4 Å². The van der Waals surface area contributed by atoms with Crippen molar-refractivity contribution in [2.75, 3.05) is 6.54 Å². The molecular weight excluding hydrogens is 252 g/mol. The van der Waals surface area contributed by atoms with Crippen LogP contribution >= 0.6 is 0 Å². The van der Waals surface area contributed by atoms with Gasteiger partial charge >= 0.3 is 0 Å². The number of piperazine rings is 1. The molecule has 4 nitrogen and oxygen atoms in total. The van der Waals surface area contributed by atoms with Gasteiger partial charge in [0.1, 0.15) is 11.1 Å². The van der Waals surface area contributed by atoms with Gasteiger partial charge in [-0.2, -0.15) is 0 Å². The second-order valence-corrected chi connectivity index (χ2v) is 6.28. The molecule has 0 aromatic rings.